The van der Waals surface area contributed by atoms with Crippen LogP contribution in [0.3, 0.4) is 0 Å². The van der Waals surface area contributed by atoms with Crippen molar-refractivity contribution in [3.8, 4) is 0 Å². The molecule has 0 aliphatic heterocycles. The quantitative estimate of drug-likeness (QED) is 0.617. The summed E-state index contributed by atoms with van der Waals surface area (Å²) in [6.45, 7) is 1.41. The molecule has 0 aromatic rings. The Labute approximate surface area is 87.1 Å². The zero-order valence-corrected chi connectivity index (χ0v) is 9.26. The third kappa shape index (κ3) is 3.23. The molecule has 1 aliphatic carbocycles. The highest BCUT2D eigenvalue weighted by molar-refractivity contribution is 4.86. The second kappa shape index (κ2) is 5.69. The minimum Gasteiger partial charge on any atom is -0.392 e. The van der Waals surface area contributed by atoms with Gasteiger partial charge in [-0.15, -0.1) is 0 Å². The van der Waals surface area contributed by atoms with Crippen molar-refractivity contribution >= 4 is 0 Å². The number of aliphatic hydroxyl groups excluding tert-OH is 1. The van der Waals surface area contributed by atoms with Gasteiger partial charge in [-0.1, -0.05) is 19.3 Å². The first-order valence-corrected chi connectivity index (χ1v) is 5.75. The lowest BCUT2D eigenvalue weighted by atomic mass is 9.70. The molecular weight excluding hydrogens is 176 g/mol. The third-order valence-electron chi connectivity index (χ3n) is 3.46. The normalized spacial score (nSPS) is 23.4. The molecule has 1 fully saturated rings. The Morgan fingerprint density at radius 2 is 2.00 bits per heavy atom. The Kier molecular flexibility index (Phi) is 4.85. The lowest BCUT2D eigenvalue weighted by Gasteiger charge is -2.37. The predicted octanol–water partition coefficient (Wildman–Crippen LogP) is 0.866. The number of hydrogen-bond acceptors (Lipinski definition) is 3. The smallest absolute Gasteiger partial charge is 0.0670 e. The van der Waals surface area contributed by atoms with Gasteiger partial charge in [-0.05, 0) is 38.3 Å². The van der Waals surface area contributed by atoms with E-state index in [0.29, 0.717) is 6.54 Å². The molecule has 0 bridgehead atoms. The molecule has 0 radical (unpaired) electrons. The fraction of sp³-hybridized carbons (Fsp3) is 1.00. The fourth-order valence-corrected chi connectivity index (χ4v) is 2.60. The number of nitrogens with one attached hydrogen (secondary N) is 1. The van der Waals surface area contributed by atoms with Gasteiger partial charge < -0.3 is 16.2 Å². The van der Waals surface area contributed by atoms with Crippen molar-refractivity contribution in [3.05, 3.63) is 0 Å². The number of rotatable bonds is 5. The molecule has 1 rings (SSSR count). The van der Waals surface area contributed by atoms with E-state index in [9.17, 15) is 5.11 Å². The third-order valence-corrected chi connectivity index (χ3v) is 3.46. The van der Waals surface area contributed by atoms with Gasteiger partial charge in [0.25, 0.3) is 0 Å². The van der Waals surface area contributed by atoms with Crippen LogP contribution in [-0.2, 0) is 0 Å². The summed E-state index contributed by atoms with van der Waals surface area (Å²) >= 11 is 0. The summed E-state index contributed by atoms with van der Waals surface area (Å²) in [6, 6.07) is 0. The standard InChI is InChI=1S/C11H24N2O/c1-13-8-10(14)7-11(9-12)5-3-2-4-6-11/h10,13-14H,2-9,12H2,1H3. The molecular formula is C11H24N2O. The molecule has 1 saturated carbocycles. The maximum absolute atomic E-state index is 9.78. The number of aliphatic hydroxyl groups is 1. The van der Waals surface area contributed by atoms with Crippen molar-refractivity contribution in [1.29, 1.82) is 0 Å². The van der Waals surface area contributed by atoms with E-state index >= 15 is 0 Å². The Balaban J connectivity index is 2.42. The molecule has 1 atom stereocenters. The summed E-state index contributed by atoms with van der Waals surface area (Å²) < 4.78 is 0. The highest BCUT2D eigenvalue weighted by atomic mass is 16.3. The highest BCUT2D eigenvalue weighted by Gasteiger charge is 2.32. The maximum atomic E-state index is 9.78. The number of nitrogens with two attached hydrogens (primary N) is 1. The molecule has 4 N–H and O–H groups in total. The van der Waals surface area contributed by atoms with Crippen molar-refractivity contribution in [2.45, 2.75) is 44.6 Å². The van der Waals surface area contributed by atoms with Crippen LogP contribution in [0.15, 0.2) is 0 Å². The second-order valence-corrected chi connectivity index (χ2v) is 4.68. The molecule has 1 aliphatic rings. The topological polar surface area (TPSA) is 58.3 Å². The van der Waals surface area contributed by atoms with Crippen LogP contribution in [0.2, 0.25) is 0 Å². The van der Waals surface area contributed by atoms with Crippen molar-refractivity contribution in [1.82, 2.24) is 5.32 Å². The van der Waals surface area contributed by atoms with Gasteiger partial charge >= 0.3 is 0 Å². The van der Waals surface area contributed by atoms with E-state index in [0.717, 1.165) is 13.0 Å². The van der Waals surface area contributed by atoms with Crippen molar-refractivity contribution in [2.75, 3.05) is 20.1 Å². The van der Waals surface area contributed by atoms with Gasteiger partial charge in [-0.2, -0.15) is 0 Å². The van der Waals surface area contributed by atoms with Gasteiger partial charge in [0.2, 0.25) is 0 Å². The molecule has 3 heteroatoms. The van der Waals surface area contributed by atoms with Crippen LogP contribution in [-0.4, -0.2) is 31.3 Å². The lowest BCUT2D eigenvalue weighted by molar-refractivity contribution is 0.0754. The van der Waals surface area contributed by atoms with E-state index in [1.54, 1.807) is 0 Å². The largest absolute Gasteiger partial charge is 0.392 e. The Morgan fingerprint density at radius 1 is 1.36 bits per heavy atom. The first-order valence-electron chi connectivity index (χ1n) is 5.75. The van der Waals surface area contributed by atoms with Crippen LogP contribution < -0.4 is 11.1 Å². The van der Waals surface area contributed by atoms with E-state index in [-0.39, 0.29) is 11.5 Å². The highest BCUT2D eigenvalue weighted by Crippen LogP contribution is 2.39. The molecule has 14 heavy (non-hydrogen) atoms. The summed E-state index contributed by atoms with van der Waals surface area (Å²) in [5, 5.41) is 12.8. The van der Waals surface area contributed by atoms with Gasteiger partial charge in [0, 0.05) is 6.54 Å². The van der Waals surface area contributed by atoms with Crippen LogP contribution in [0.1, 0.15) is 38.5 Å². The minimum absolute atomic E-state index is 0.231. The maximum Gasteiger partial charge on any atom is 0.0670 e. The average molecular weight is 200 g/mol. The Bertz CT molecular complexity index is 155. The van der Waals surface area contributed by atoms with Crippen molar-refractivity contribution in [2.24, 2.45) is 11.1 Å². The molecule has 3 nitrogen and oxygen atoms in total. The first kappa shape index (κ1) is 12.0. The van der Waals surface area contributed by atoms with Gasteiger partial charge in [0.15, 0.2) is 0 Å². The summed E-state index contributed by atoms with van der Waals surface area (Å²) in [4.78, 5) is 0. The van der Waals surface area contributed by atoms with Gasteiger partial charge in [0.1, 0.15) is 0 Å². The van der Waals surface area contributed by atoms with E-state index in [1.165, 1.54) is 32.1 Å². The summed E-state index contributed by atoms with van der Waals surface area (Å²) in [5.41, 5.74) is 6.08. The van der Waals surface area contributed by atoms with Crippen LogP contribution >= 0.6 is 0 Å². The van der Waals surface area contributed by atoms with Gasteiger partial charge in [-0.3, -0.25) is 0 Å². The van der Waals surface area contributed by atoms with Gasteiger partial charge in [-0.25, -0.2) is 0 Å². The minimum atomic E-state index is -0.235. The average Bonchev–Trinajstić information content (AvgIpc) is 2.19. The van der Waals surface area contributed by atoms with Crippen molar-refractivity contribution in [3.63, 3.8) is 0 Å². The SMILES string of the molecule is CNCC(O)CC1(CN)CCCCC1. The fourth-order valence-electron chi connectivity index (χ4n) is 2.60. The van der Waals surface area contributed by atoms with Crippen LogP contribution in [0.25, 0.3) is 0 Å². The summed E-state index contributed by atoms with van der Waals surface area (Å²) in [5.74, 6) is 0. The van der Waals surface area contributed by atoms with Crippen molar-refractivity contribution < 1.29 is 5.11 Å². The molecule has 0 spiro atoms. The van der Waals surface area contributed by atoms with E-state index in [4.69, 9.17) is 5.73 Å². The van der Waals surface area contributed by atoms with Crippen LogP contribution in [0, 0.1) is 5.41 Å². The molecule has 0 heterocycles. The zero-order chi connectivity index (χ0) is 10.4. The first-order chi connectivity index (χ1) is 6.72. The summed E-state index contributed by atoms with van der Waals surface area (Å²) in [6.07, 6.45) is 6.93. The molecule has 1 unspecified atom stereocenters. The van der Waals surface area contributed by atoms with Gasteiger partial charge in [0.05, 0.1) is 6.10 Å². The molecule has 84 valence electrons. The van der Waals surface area contributed by atoms with E-state index in [2.05, 4.69) is 5.32 Å². The van der Waals surface area contributed by atoms with Crippen LogP contribution in [0.5, 0.6) is 0 Å². The number of hydrogen-bond donors (Lipinski definition) is 3. The predicted molar refractivity (Wildman–Crippen MR) is 59.1 cm³/mol. The second-order valence-electron chi connectivity index (χ2n) is 4.68. The Hall–Kier alpha value is -0.120. The number of likely N-dealkylation sites (N-methyl/N-ethyl adjacent to an activating group) is 1. The van der Waals surface area contributed by atoms with Crippen LogP contribution in [0.4, 0.5) is 0 Å². The summed E-state index contributed by atoms with van der Waals surface area (Å²) in [7, 11) is 1.87. The molecule has 0 aromatic heterocycles. The van der Waals surface area contributed by atoms with E-state index in [1.807, 2.05) is 7.05 Å². The van der Waals surface area contributed by atoms with E-state index < -0.39 is 0 Å². The zero-order valence-electron chi connectivity index (χ0n) is 9.26. The lowest BCUT2D eigenvalue weighted by Crippen LogP contribution is -2.38. The monoisotopic (exact) mass is 200 g/mol. The Morgan fingerprint density at radius 3 is 2.50 bits per heavy atom. The molecule has 0 saturated heterocycles. The molecule has 0 amide bonds. The molecule has 0 aromatic carbocycles.